The fraction of sp³-hybridized carbons (Fsp3) is 0.333. The Kier molecular flexibility index (Phi) is 3.17. The monoisotopic (exact) mass is 255 g/mol. The summed E-state index contributed by atoms with van der Waals surface area (Å²) >= 11 is 0. The molecule has 2 atom stereocenters. The molecule has 0 radical (unpaired) electrons. The van der Waals surface area contributed by atoms with E-state index in [1.165, 1.54) is 0 Å². The van der Waals surface area contributed by atoms with Gasteiger partial charge in [0.2, 0.25) is 0 Å². The van der Waals surface area contributed by atoms with E-state index >= 15 is 0 Å². The van der Waals surface area contributed by atoms with Crippen LogP contribution in [0.2, 0.25) is 0 Å². The quantitative estimate of drug-likeness (QED) is 0.860. The molecule has 19 heavy (non-hydrogen) atoms. The van der Waals surface area contributed by atoms with Crippen molar-refractivity contribution in [3.8, 4) is 0 Å². The van der Waals surface area contributed by atoms with Gasteiger partial charge in [-0.1, -0.05) is 24.3 Å². The minimum absolute atomic E-state index is 0.0735. The summed E-state index contributed by atoms with van der Waals surface area (Å²) in [6, 6.07) is 11.6. The van der Waals surface area contributed by atoms with E-state index in [-0.39, 0.29) is 18.0 Å². The normalized spacial score (nSPS) is 22.6. The first-order chi connectivity index (χ1) is 9.24. The lowest BCUT2D eigenvalue weighted by molar-refractivity contribution is 0.0930. The Labute approximate surface area is 112 Å². The van der Waals surface area contributed by atoms with E-state index in [1.807, 2.05) is 30.3 Å². The van der Waals surface area contributed by atoms with Crippen molar-refractivity contribution in [1.29, 1.82) is 0 Å². The molecule has 2 unspecified atom stereocenters. The number of fused-ring (bicyclic) bond motifs is 1. The number of carbonyl (C=O) groups is 1. The summed E-state index contributed by atoms with van der Waals surface area (Å²) in [5.41, 5.74) is 7.26. The van der Waals surface area contributed by atoms with Crippen molar-refractivity contribution >= 4 is 16.8 Å². The van der Waals surface area contributed by atoms with Gasteiger partial charge in [0.05, 0.1) is 5.52 Å². The first-order valence-electron chi connectivity index (χ1n) is 6.66. The van der Waals surface area contributed by atoms with E-state index in [2.05, 4.69) is 10.3 Å². The second kappa shape index (κ2) is 4.97. The van der Waals surface area contributed by atoms with Crippen LogP contribution in [0.25, 0.3) is 10.9 Å². The second-order valence-electron chi connectivity index (χ2n) is 5.06. The maximum absolute atomic E-state index is 12.2. The lowest BCUT2D eigenvalue weighted by Crippen LogP contribution is -2.44. The van der Waals surface area contributed by atoms with Crippen molar-refractivity contribution in [3.63, 3.8) is 0 Å². The fourth-order valence-corrected chi connectivity index (χ4v) is 2.60. The molecule has 0 spiro atoms. The maximum atomic E-state index is 12.2. The zero-order valence-corrected chi connectivity index (χ0v) is 10.7. The van der Waals surface area contributed by atoms with Gasteiger partial charge in [0.15, 0.2) is 0 Å². The Hall–Kier alpha value is -1.94. The van der Waals surface area contributed by atoms with E-state index in [1.54, 1.807) is 6.07 Å². The molecule has 1 heterocycles. The van der Waals surface area contributed by atoms with Crippen LogP contribution in [0, 0.1) is 0 Å². The van der Waals surface area contributed by atoms with Crippen molar-refractivity contribution < 1.29 is 4.79 Å². The van der Waals surface area contributed by atoms with Gasteiger partial charge >= 0.3 is 0 Å². The van der Waals surface area contributed by atoms with E-state index in [4.69, 9.17) is 5.73 Å². The Morgan fingerprint density at radius 3 is 2.84 bits per heavy atom. The number of aromatic nitrogens is 1. The lowest BCUT2D eigenvalue weighted by atomic mass is 10.1. The third-order valence-electron chi connectivity index (χ3n) is 3.72. The van der Waals surface area contributed by atoms with Gasteiger partial charge in [-0.15, -0.1) is 0 Å². The highest BCUT2D eigenvalue weighted by Gasteiger charge is 2.25. The molecule has 1 aromatic heterocycles. The highest BCUT2D eigenvalue weighted by molar-refractivity contribution is 5.95. The molecule has 1 aliphatic rings. The maximum Gasteiger partial charge on any atom is 0.270 e. The molecule has 2 aromatic rings. The third kappa shape index (κ3) is 2.44. The summed E-state index contributed by atoms with van der Waals surface area (Å²) < 4.78 is 0. The van der Waals surface area contributed by atoms with Crippen molar-refractivity contribution in [2.45, 2.75) is 31.3 Å². The number of pyridine rings is 1. The molecular formula is C15H17N3O. The number of nitrogens with zero attached hydrogens (tertiary/aromatic N) is 1. The van der Waals surface area contributed by atoms with Crippen LogP contribution < -0.4 is 11.1 Å². The molecule has 1 saturated carbocycles. The van der Waals surface area contributed by atoms with Crippen molar-refractivity contribution in [2.75, 3.05) is 0 Å². The van der Waals surface area contributed by atoms with Gasteiger partial charge in [-0.3, -0.25) is 4.79 Å². The Bertz CT molecular complexity index is 611. The smallest absolute Gasteiger partial charge is 0.270 e. The van der Waals surface area contributed by atoms with Crippen LogP contribution >= 0.6 is 0 Å². The largest absolute Gasteiger partial charge is 0.346 e. The van der Waals surface area contributed by atoms with Gasteiger partial charge in [0.1, 0.15) is 5.69 Å². The van der Waals surface area contributed by atoms with Gasteiger partial charge in [0.25, 0.3) is 5.91 Å². The SMILES string of the molecule is NC1CCCC1NC(=O)c1ccc2ccccc2n1. The summed E-state index contributed by atoms with van der Waals surface area (Å²) in [6.45, 7) is 0. The number of para-hydroxylation sites is 1. The number of nitrogens with one attached hydrogen (secondary N) is 1. The molecule has 98 valence electrons. The number of carbonyl (C=O) groups excluding carboxylic acids is 1. The van der Waals surface area contributed by atoms with Crippen LogP contribution in [-0.2, 0) is 0 Å². The molecule has 0 aliphatic heterocycles. The van der Waals surface area contributed by atoms with Crippen LogP contribution in [0.15, 0.2) is 36.4 Å². The van der Waals surface area contributed by atoms with E-state index in [9.17, 15) is 4.79 Å². The van der Waals surface area contributed by atoms with Gasteiger partial charge < -0.3 is 11.1 Å². The average molecular weight is 255 g/mol. The van der Waals surface area contributed by atoms with Crippen molar-refractivity contribution in [2.24, 2.45) is 5.73 Å². The Morgan fingerprint density at radius 1 is 1.21 bits per heavy atom. The molecule has 4 nitrogen and oxygen atoms in total. The number of rotatable bonds is 2. The summed E-state index contributed by atoms with van der Waals surface area (Å²) in [7, 11) is 0. The van der Waals surface area contributed by atoms with Crippen LogP contribution in [0.3, 0.4) is 0 Å². The first kappa shape index (κ1) is 12.1. The molecule has 1 fully saturated rings. The molecule has 0 bridgehead atoms. The number of hydrogen-bond donors (Lipinski definition) is 2. The summed E-state index contributed by atoms with van der Waals surface area (Å²) in [6.07, 6.45) is 3.02. The van der Waals surface area contributed by atoms with Crippen LogP contribution in [-0.4, -0.2) is 23.0 Å². The molecule has 4 heteroatoms. The molecule has 1 aliphatic carbocycles. The molecule has 0 saturated heterocycles. The minimum Gasteiger partial charge on any atom is -0.346 e. The van der Waals surface area contributed by atoms with Crippen LogP contribution in [0.1, 0.15) is 29.8 Å². The Balaban J connectivity index is 1.81. The molecule has 1 amide bonds. The van der Waals surface area contributed by atoms with Gasteiger partial charge in [-0.25, -0.2) is 4.98 Å². The average Bonchev–Trinajstić information content (AvgIpc) is 2.84. The number of nitrogens with two attached hydrogens (primary N) is 1. The highest BCUT2D eigenvalue weighted by Crippen LogP contribution is 2.18. The predicted octanol–water partition coefficient (Wildman–Crippen LogP) is 1.84. The zero-order valence-electron chi connectivity index (χ0n) is 10.7. The fourth-order valence-electron chi connectivity index (χ4n) is 2.60. The van der Waals surface area contributed by atoms with E-state index in [0.29, 0.717) is 5.69 Å². The van der Waals surface area contributed by atoms with E-state index < -0.39 is 0 Å². The molecule has 3 rings (SSSR count). The molecule has 1 aromatic carbocycles. The summed E-state index contributed by atoms with van der Waals surface area (Å²) in [5, 5.41) is 4.02. The topological polar surface area (TPSA) is 68.0 Å². The molecular weight excluding hydrogens is 238 g/mol. The standard InChI is InChI=1S/C15H17N3O/c16-11-5-3-7-13(11)18-15(19)14-9-8-10-4-1-2-6-12(10)17-14/h1-2,4,6,8-9,11,13H,3,5,7,16H2,(H,18,19). The lowest BCUT2D eigenvalue weighted by Gasteiger charge is -2.16. The van der Waals surface area contributed by atoms with Crippen molar-refractivity contribution in [1.82, 2.24) is 10.3 Å². The van der Waals surface area contributed by atoms with Crippen molar-refractivity contribution in [3.05, 3.63) is 42.1 Å². The van der Waals surface area contributed by atoms with Gasteiger partial charge in [-0.05, 0) is 31.4 Å². The Morgan fingerprint density at radius 2 is 2.05 bits per heavy atom. The number of amides is 1. The number of benzene rings is 1. The molecule has 3 N–H and O–H groups in total. The first-order valence-corrected chi connectivity index (χ1v) is 6.66. The highest BCUT2D eigenvalue weighted by atomic mass is 16.1. The second-order valence-corrected chi connectivity index (χ2v) is 5.06. The van der Waals surface area contributed by atoms with Gasteiger partial charge in [0, 0.05) is 17.5 Å². The predicted molar refractivity (Wildman–Crippen MR) is 74.8 cm³/mol. The number of hydrogen-bond acceptors (Lipinski definition) is 3. The van der Waals surface area contributed by atoms with E-state index in [0.717, 1.165) is 30.2 Å². The summed E-state index contributed by atoms with van der Waals surface area (Å²) in [4.78, 5) is 16.6. The third-order valence-corrected chi connectivity index (χ3v) is 3.72. The van der Waals surface area contributed by atoms with Crippen LogP contribution in [0.5, 0.6) is 0 Å². The van der Waals surface area contributed by atoms with Gasteiger partial charge in [-0.2, -0.15) is 0 Å². The zero-order chi connectivity index (χ0) is 13.2. The minimum atomic E-state index is -0.131. The van der Waals surface area contributed by atoms with Crippen LogP contribution in [0.4, 0.5) is 0 Å². The summed E-state index contributed by atoms with van der Waals surface area (Å²) in [5.74, 6) is -0.131.